The number of hydrogen-bond acceptors (Lipinski definition) is 6. The Morgan fingerprint density at radius 1 is 1.33 bits per heavy atom. The second kappa shape index (κ2) is 6.11. The van der Waals surface area contributed by atoms with Crippen LogP contribution in [0.4, 0.5) is 0 Å². The lowest BCUT2D eigenvalue weighted by Gasteiger charge is -2.25. The molecule has 0 N–H and O–H groups in total. The first-order valence-corrected chi connectivity index (χ1v) is 9.04. The molecule has 0 bridgehead atoms. The Morgan fingerprint density at radius 3 is 2.81 bits per heavy atom. The molecule has 2 atom stereocenters. The number of fused-ring (bicyclic) bond motifs is 4. The molecule has 142 valence electrons. The van der Waals surface area contributed by atoms with Crippen LogP contribution in [0.1, 0.15) is 38.1 Å². The average Bonchev–Trinajstić information content (AvgIpc) is 3.22. The lowest BCUT2D eigenvalue weighted by molar-refractivity contribution is -0.157. The van der Waals surface area contributed by atoms with Crippen molar-refractivity contribution in [2.24, 2.45) is 16.5 Å². The molecule has 0 fully saturated rings. The van der Waals surface area contributed by atoms with Crippen LogP contribution in [0.2, 0.25) is 0 Å². The summed E-state index contributed by atoms with van der Waals surface area (Å²) >= 11 is 0. The lowest BCUT2D eigenvalue weighted by Crippen LogP contribution is -2.39. The van der Waals surface area contributed by atoms with Crippen molar-refractivity contribution in [3.05, 3.63) is 30.0 Å². The highest BCUT2D eigenvalue weighted by atomic mass is 16.7. The monoisotopic (exact) mass is 370 g/mol. The Balaban J connectivity index is 1.72. The molecule has 0 radical (unpaired) electrons. The molecule has 1 aromatic carbocycles. The molecule has 0 aliphatic carbocycles. The number of esters is 1. The van der Waals surface area contributed by atoms with Crippen LogP contribution in [0.3, 0.4) is 0 Å². The predicted octanol–water partition coefficient (Wildman–Crippen LogP) is 3.00. The van der Waals surface area contributed by atoms with E-state index in [2.05, 4.69) is 5.16 Å². The largest absolute Gasteiger partial charge is 0.492 e. The van der Waals surface area contributed by atoms with E-state index in [1.54, 1.807) is 17.7 Å². The van der Waals surface area contributed by atoms with E-state index in [4.69, 9.17) is 14.3 Å². The van der Waals surface area contributed by atoms with Crippen molar-refractivity contribution in [3.63, 3.8) is 0 Å². The third-order valence-electron chi connectivity index (χ3n) is 4.85. The first-order valence-electron chi connectivity index (χ1n) is 9.04. The highest BCUT2D eigenvalue weighted by Gasteiger charge is 2.45. The molecule has 1 aromatic heterocycles. The lowest BCUT2D eigenvalue weighted by atomic mass is 9.90. The van der Waals surface area contributed by atoms with E-state index in [0.29, 0.717) is 11.5 Å². The van der Waals surface area contributed by atoms with Crippen molar-refractivity contribution < 1.29 is 23.9 Å². The predicted molar refractivity (Wildman–Crippen MR) is 99.0 cm³/mol. The van der Waals surface area contributed by atoms with Crippen molar-refractivity contribution in [2.45, 2.75) is 33.8 Å². The van der Waals surface area contributed by atoms with Crippen LogP contribution in [0.25, 0.3) is 10.9 Å². The van der Waals surface area contributed by atoms with Gasteiger partial charge in [0.05, 0.1) is 18.0 Å². The molecule has 0 saturated heterocycles. The minimum atomic E-state index is -0.782. The quantitative estimate of drug-likeness (QED) is 0.760. The fraction of sp³-hybridized carbons (Fsp3) is 0.450. The minimum Gasteiger partial charge on any atom is -0.492 e. The Morgan fingerprint density at radius 2 is 2.11 bits per heavy atom. The number of ether oxygens (including phenoxy) is 2. The van der Waals surface area contributed by atoms with Gasteiger partial charge in [0.25, 0.3) is 0 Å². The zero-order valence-corrected chi connectivity index (χ0v) is 15.8. The molecule has 0 spiro atoms. The fourth-order valence-corrected chi connectivity index (χ4v) is 3.45. The highest BCUT2D eigenvalue weighted by molar-refractivity contribution is 6.11. The number of carbonyl (C=O) groups is 2. The number of aromatic nitrogens is 1. The van der Waals surface area contributed by atoms with E-state index >= 15 is 0 Å². The van der Waals surface area contributed by atoms with Crippen molar-refractivity contribution in [1.29, 1.82) is 0 Å². The van der Waals surface area contributed by atoms with Gasteiger partial charge in [-0.25, -0.2) is 4.79 Å². The molecule has 2 aromatic rings. The van der Waals surface area contributed by atoms with Crippen LogP contribution in [0.5, 0.6) is 5.75 Å². The van der Waals surface area contributed by atoms with E-state index in [-0.39, 0.29) is 25.0 Å². The standard InChI is InChI=1S/C20H22N2O5/c1-5-25-18(23)17-13-10-26-15-9-14-11(8-12(15)16(13)21-27-17)6-7-22(14)19(24)20(2,3)4/h6-9,13,17H,5,10H2,1-4H3. The molecule has 0 amide bonds. The second-order valence-electron chi connectivity index (χ2n) is 7.82. The van der Waals surface area contributed by atoms with E-state index in [0.717, 1.165) is 16.5 Å². The summed E-state index contributed by atoms with van der Waals surface area (Å²) in [7, 11) is 0. The first kappa shape index (κ1) is 17.6. The van der Waals surface area contributed by atoms with E-state index in [1.807, 2.05) is 39.0 Å². The maximum atomic E-state index is 12.7. The van der Waals surface area contributed by atoms with Crippen molar-refractivity contribution in [2.75, 3.05) is 13.2 Å². The van der Waals surface area contributed by atoms with E-state index in [9.17, 15) is 9.59 Å². The van der Waals surface area contributed by atoms with E-state index in [1.165, 1.54) is 0 Å². The topological polar surface area (TPSA) is 79.1 Å². The van der Waals surface area contributed by atoms with Crippen LogP contribution in [0.15, 0.2) is 29.6 Å². The van der Waals surface area contributed by atoms with E-state index < -0.39 is 17.5 Å². The van der Waals surface area contributed by atoms with Gasteiger partial charge < -0.3 is 14.3 Å². The summed E-state index contributed by atoms with van der Waals surface area (Å²) in [4.78, 5) is 30.1. The number of hydrogen-bond donors (Lipinski definition) is 0. The van der Waals surface area contributed by atoms with Crippen molar-refractivity contribution >= 4 is 28.5 Å². The van der Waals surface area contributed by atoms with Gasteiger partial charge in [-0.05, 0) is 19.1 Å². The molecule has 27 heavy (non-hydrogen) atoms. The van der Waals surface area contributed by atoms with Gasteiger partial charge in [0.1, 0.15) is 18.1 Å². The molecular weight excluding hydrogens is 348 g/mol. The Kier molecular flexibility index (Phi) is 3.98. The van der Waals surface area contributed by atoms with Crippen LogP contribution < -0.4 is 4.74 Å². The molecule has 3 heterocycles. The van der Waals surface area contributed by atoms with Crippen molar-refractivity contribution in [1.82, 2.24) is 4.57 Å². The van der Waals surface area contributed by atoms with Crippen LogP contribution in [-0.2, 0) is 14.4 Å². The van der Waals surface area contributed by atoms with Gasteiger partial charge in [-0.3, -0.25) is 9.36 Å². The molecule has 2 aliphatic heterocycles. The van der Waals surface area contributed by atoms with Crippen LogP contribution in [0, 0.1) is 11.3 Å². The highest BCUT2D eigenvalue weighted by Crippen LogP contribution is 2.37. The third kappa shape index (κ3) is 2.78. The Bertz CT molecular complexity index is 967. The second-order valence-corrected chi connectivity index (χ2v) is 7.82. The third-order valence-corrected chi connectivity index (χ3v) is 4.85. The average molecular weight is 370 g/mol. The normalized spacial score (nSPS) is 21.0. The van der Waals surface area contributed by atoms with Crippen molar-refractivity contribution in [3.8, 4) is 5.75 Å². The summed E-state index contributed by atoms with van der Waals surface area (Å²) in [6.45, 7) is 7.98. The molecular formula is C20H22N2O5. The molecule has 0 saturated carbocycles. The zero-order chi connectivity index (χ0) is 19.3. The molecule has 4 rings (SSSR count). The minimum absolute atomic E-state index is 0.00931. The summed E-state index contributed by atoms with van der Waals surface area (Å²) in [6.07, 6.45) is 0.992. The molecule has 2 unspecified atom stereocenters. The van der Waals surface area contributed by atoms with Gasteiger partial charge in [-0.1, -0.05) is 25.9 Å². The Labute approximate surface area is 156 Å². The van der Waals surface area contributed by atoms with Gasteiger partial charge in [0.2, 0.25) is 12.0 Å². The molecule has 7 nitrogen and oxygen atoms in total. The summed E-state index contributed by atoms with van der Waals surface area (Å²) in [5.74, 6) is -0.0917. The Hall–Kier alpha value is -2.83. The zero-order valence-electron chi connectivity index (χ0n) is 15.8. The van der Waals surface area contributed by atoms with Gasteiger partial charge in [0, 0.05) is 28.6 Å². The summed E-state index contributed by atoms with van der Waals surface area (Å²) in [5.41, 5.74) is 1.76. The number of benzene rings is 1. The number of carbonyl (C=O) groups excluding carboxylic acids is 2. The molecule has 2 aliphatic rings. The van der Waals surface area contributed by atoms with Gasteiger partial charge >= 0.3 is 5.97 Å². The summed E-state index contributed by atoms with van der Waals surface area (Å²) in [6, 6.07) is 5.67. The summed E-state index contributed by atoms with van der Waals surface area (Å²) < 4.78 is 12.6. The first-order chi connectivity index (χ1) is 12.8. The summed E-state index contributed by atoms with van der Waals surface area (Å²) in [5, 5.41) is 5.03. The maximum absolute atomic E-state index is 12.7. The SMILES string of the molecule is CCOC(=O)C1ON=C2c3cc4ccn(C(=O)C(C)(C)C)c4cc3OCC21. The maximum Gasteiger partial charge on any atom is 0.351 e. The van der Waals surface area contributed by atoms with Gasteiger partial charge in [-0.2, -0.15) is 0 Å². The van der Waals surface area contributed by atoms with Crippen LogP contribution >= 0.6 is 0 Å². The smallest absolute Gasteiger partial charge is 0.351 e. The van der Waals surface area contributed by atoms with Gasteiger partial charge in [0.15, 0.2) is 0 Å². The van der Waals surface area contributed by atoms with Crippen LogP contribution in [-0.4, -0.2) is 41.5 Å². The fourth-order valence-electron chi connectivity index (χ4n) is 3.45. The number of rotatable bonds is 2. The number of nitrogens with zero attached hydrogens (tertiary/aromatic N) is 2. The van der Waals surface area contributed by atoms with Gasteiger partial charge in [-0.15, -0.1) is 0 Å². The number of oxime groups is 1. The molecule has 7 heteroatoms.